The SMILES string of the molecule is O=C(NCC1(c2cccc(Cl)c2)CCOCC1)c1cccc(OCc2cccnc2)c1. The van der Waals surface area contributed by atoms with Gasteiger partial charge in [0.15, 0.2) is 0 Å². The number of hydrogen-bond acceptors (Lipinski definition) is 4. The predicted octanol–water partition coefficient (Wildman–Crippen LogP) is 4.79. The molecule has 1 fully saturated rings. The highest BCUT2D eigenvalue weighted by Gasteiger charge is 2.35. The summed E-state index contributed by atoms with van der Waals surface area (Å²) in [6.45, 7) is 2.26. The number of benzene rings is 2. The van der Waals surface area contributed by atoms with Crippen molar-refractivity contribution in [2.24, 2.45) is 0 Å². The van der Waals surface area contributed by atoms with Crippen LogP contribution in [0.25, 0.3) is 0 Å². The van der Waals surface area contributed by atoms with Crippen molar-refractivity contribution in [3.8, 4) is 5.75 Å². The molecule has 0 radical (unpaired) electrons. The average Bonchev–Trinajstić information content (AvgIpc) is 2.83. The zero-order chi connectivity index (χ0) is 21.5. The van der Waals surface area contributed by atoms with Crippen molar-refractivity contribution in [2.75, 3.05) is 19.8 Å². The Morgan fingerprint density at radius 2 is 1.94 bits per heavy atom. The Morgan fingerprint density at radius 1 is 1.10 bits per heavy atom. The predicted molar refractivity (Wildman–Crippen MR) is 121 cm³/mol. The van der Waals surface area contributed by atoms with Crippen molar-refractivity contribution in [3.63, 3.8) is 0 Å². The Bertz CT molecular complexity index is 1020. The molecule has 2 heterocycles. The second kappa shape index (κ2) is 9.94. The Kier molecular flexibility index (Phi) is 6.85. The van der Waals surface area contributed by atoms with Crippen LogP contribution in [-0.2, 0) is 16.8 Å². The van der Waals surface area contributed by atoms with E-state index >= 15 is 0 Å². The Labute approximate surface area is 187 Å². The molecule has 1 N–H and O–H groups in total. The molecule has 0 saturated carbocycles. The maximum absolute atomic E-state index is 12.9. The second-order valence-corrected chi connectivity index (χ2v) is 8.20. The van der Waals surface area contributed by atoms with E-state index in [9.17, 15) is 4.79 Å². The van der Waals surface area contributed by atoms with Gasteiger partial charge in [-0.2, -0.15) is 0 Å². The van der Waals surface area contributed by atoms with Crippen LogP contribution >= 0.6 is 11.6 Å². The second-order valence-electron chi connectivity index (χ2n) is 7.76. The highest BCUT2D eigenvalue weighted by Crippen LogP contribution is 2.35. The van der Waals surface area contributed by atoms with Gasteiger partial charge in [0, 0.05) is 53.7 Å². The monoisotopic (exact) mass is 436 g/mol. The van der Waals surface area contributed by atoms with Crippen LogP contribution in [0.1, 0.15) is 34.3 Å². The summed E-state index contributed by atoms with van der Waals surface area (Å²) in [4.78, 5) is 17.0. The van der Waals surface area contributed by atoms with Gasteiger partial charge in [0.1, 0.15) is 12.4 Å². The van der Waals surface area contributed by atoms with Crippen molar-refractivity contribution in [2.45, 2.75) is 24.9 Å². The first-order chi connectivity index (χ1) is 15.1. The minimum Gasteiger partial charge on any atom is -0.489 e. The van der Waals surface area contributed by atoms with Gasteiger partial charge < -0.3 is 14.8 Å². The van der Waals surface area contributed by atoms with E-state index in [1.165, 1.54) is 0 Å². The van der Waals surface area contributed by atoms with Crippen LogP contribution in [0.4, 0.5) is 0 Å². The lowest BCUT2D eigenvalue weighted by Gasteiger charge is -2.38. The molecule has 1 aliphatic heterocycles. The van der Waals surface area contributed by atoms with Crippen LogP contribution in [0.3, 0.4) is 0 Å². The first-order valence-corrected chi connectivity index (χ1v) is 10.8. The minimum atomic E-state index is -0.187. The van der Waals surface area contributed by atoms with E-state index in [1.54, 1.807) is 24.5 Å². The summed E-state index contributed by atoms with van der Waals surface area (Å²) in [6, 6.07) is 19.0. The summed E-state index contributed by atoms with van der Waals surface area (Å²) in [5.74, 6) is 0.520. The number of nitrogens with zero attached hydrogens (tertiary/aromatic N) is 1. The number of amides is 1. The van der Waals surface area contributed by atoms with Crippen LogP contribution in [0.5, 0.6) is 5.75 Å². The van der Waals surface area contributed by atoms with Crippen molar-refractivity contribution in [3.05, 3.63) is 94.8 Å². The minimum absolute atomic E-state index is 0.125. The molecule has 1 amide bonds. The molecule has 3 aromatic rings. The molecule has 4 rings (SSSR count). The molecule has 0 aliphatic carbocycles. The molecule has 2 aromatic carbocycles. The highest BCUT2D eigenvalue weighted by atomic mass is 35.5. The topological polar surface area (TPSA) is 60.5 Å². The van der Waals surface area contributed by atoms with Gasteiger partial charge in [-0.1, -0.05) is 35.9 Å². The maximum atomic E-state index is 12.9. The van der Waals surface area contributed by atoms with Gasteiger partial charge in [0.2, 0.25) is 0 Å². The number of halogens is 1. The van der Waals surface area contributed by atoms with Crippen molar-refractivity contribution < 1.29 is 14.3 Å². The van der Waals surface area contributed by atoms with Gasteiger partial charge in [0.25, 0.3) is 5.91 Å². The van der Waals surface area contributed by atoms with Gasteiger partial charge in [-0.25, -0.2) is 0 Å². The van der Waals surface area contributed by atoms with Crippen molar-refractivity contribution in [1.29, 1.82) is 0 Å². The molecule has 5 nitrogen and oxygen atoms in total. The van der Waals surface area contributed by atoms with Gasteiger partial charge in [-0.05, 0) is 54.8 Å². The number of aromatic nitrogens is 1. The molecule has 0 unspecified atom stereocenters. The van der Waals surface area contributed by atoms with Gasteiger partial charge in [-0.15, -0.1) is 0 Å². The normalized spacial score (nSPS) is 15.3. The molecule has 0 bridgehead atoms. The fourth-order valence-electron chi connectivity index (χ4n) is 3.88. The van der Waals surface area contributed by atoms with E-state index in [4.69, 9.17) is 21.1 Å². The van der Waals surface area contributed by atoms with Crippen LogP contribution in [0.15, 0.2) is 73.1 Å². The molecule has 1 aromatic heterocycles. The van der Waals surface area contributed by atoms with Crippen LogP contribution in [-0.4, -0.2) is 30.6 Å². The number of hydrogen-bond donors (Lipinski definition) is 1. The largest absolute Gasteiger partial charge is 0.489 e. The van der Waals surface area contributed by atoms with Crippen LogP contribution in [0, 0.1) is 0 Å². The molecule has 0 atom stereocenters. The van der Waals surface area contributed by atoms with E-state index in [0.717, 1.165) is 24.0 Å². The molecular weight excluding hydrogens is 412 g/mol. The number of pyridine rings is 1. The molecule has 31 heavy (non-hydrogen) atoms. The Hall–Kier alpha value is -2.89. The van der Waals surface area contributed by atoms with Gasteiger partial charge in [0.05, 0.1) is 0 Å². The number of nitrogens with one attached hydrogen (secondary N) is 1. The zero-order valence-electron chi connectivity index (χ0n) is 17.2. The maximum Gasteiger partial charge on any atom is 0.251 e. The summed E-state index contributed by atoms with van der Waals surface area (Å²) < 4.78 is 11.4. The summed E-state index contributed by atoms with van der Waals surface area (Å²) in [5, 5.41) is 3.83. The number of carbonyl (C=O) groups excluding carboxylic acids is 1. The van der Waals surface area contributed by atoms with E-state index < -0.39 is 0 Å². The smallest absolute Gasteiger partial charge is 0.251 e. The highest BCUT2D eigenvalue weighted by molar-refractivity contribution is 6.30. The fourth-order valence-corrected chi connectivity index (χ4v) is 4.07. The summed E-state index contributed by atoms with van der Waals surface area (Å²) >= 11 is 6.24. The van der Waals surface area contributed by atoms with Crippen molar-refractivity contribution in [1.82, 2.24) is 10.3 Å². The third-order valence-electron chi connectivity index (χ3n) is 5.70. The Balaban J connectivity index is 1.43. The molecule has 0 spiro atoms. The number of ether oxygens (including phenoxy) is 2. The van der Waals surface area contributed by atoms with E-state index in [-0.39, 0.29) is 11.3 Å². The van der Waals surface area contributed by atoms with Crippen LogP contribution in [0.2, 0.25) is 5.02 Å². The summed E-state index contributed by atoms with van der Waals surface area (Å²) in [6.07, 6.45) is 5.16. The third-order valence-corrected chi connectivity index (χ3v) is 5.93. The standard InChI is InChI=1S/C25H25ClN2O3/c26-22-7-2-6-21(15-22)25(9-12-30-13-10-25)18-28-24(29)20-5-1-8-23(14-20)31-17-19-4-3-11-27-16-19/h1-8,11,14-16H,9-10,12-13,17-18H2,(H,28,29). The lowest BCUT2D eigenvalue weighted by Crippen LogP contribution is -2.44. The Morgan fingerprint density at radius 3 is 2.71 bits per heavy atom. The summed E-state index contributed by atoms with van der Waals surface area (Å²) in [5.41, 5.74) is 2.49. The fraction of sp³-hybridized carbons (Fsp3) is 0.280. The lowest BCUT2D eigenvalue weighted by molar-refractivity contribution is 0.0487. The molecular formula is C25H25ClN2O3. The number of carbonyl (C=O) groups is 1. The van der Waals surface area contributed by atoms with Crippen LogP contribution < -0.4 is 10.1 Å². The average molecular weight is 437 g/mol. The van der Waals surface area contributed by atoms with E-state index in [0.29, 0.717) is 42.7 Å². The summed E-state index contributed by atoms with van der Waals surface area (Å²) in [7, 11) is 0. The quantitative estimate of drug-likeness (QED) is 0.578. The molecule has 1 aliphatic rings. The zero-order valence-corrected chi connectivity index (χ0v) is 18.0. The lowest BCUT2D eigenvalue weighted by atomic mass is 9.74. The third kappa shape index (κ3) is 5.43. The molecule has 6 heteroatoms. The van der Waals surface area contributed by atoms with Gasteiger partial charge >= 0.3 is 0 Å². The number of rotatable bonds is 7. The van der Waals surface area contributed by atoms with Crippen molar-refractivity contribution >= 4 is 17.5 Å². The molecule has 160 valence electrons. The van der Waals surface area contributed by atoms with Gasteiger partial charge in [-0.3, -0.25) is 9.78 Å². The van der Waals surface area contributed by atoms with E-state index in [2.05, 4.69) is 16.4 Å². The molecule has 1 saturated heterocycles. The van der Waals surface area contributed by atoms with E-state index in [1.807, 2.05) is 42.5 Å². The first-order valence-electron chi connectivity index (χ1n) is 10.4. The first kappa shape index (κ1) is 21.3.